The number of piperidine rings is 1. The fourth-order valence-corrected chi connectivity index (χ4v) is 2.92. The molecule has 1 aliphatic rings. The number of nitrogens with one attached hydrogen (secondary N) is 1. The van der Waals surface area contributed by atoms with Crippen LogP contribution in [-0.2, 0) is 4.74 Å². The minimum Gasteiger partial charge on any atom is -0.444 e. The molecule has 1 aromatic heterocycles. The number of anilines is 1. The van der Waals surface area contributed by atoms with E-state index < -0.39 is 5.60 Å². The maximum absolute atomic E-state index is 12.2. The van der Waals surface area contributed by atoms with Crippen LogP contribution < -0.4 is 5.32 Å². The van der Waals surface area contributed by atoms with E-state index in [1.807, 2.05) is 26.8 Å². The van der Waals surface area contributed by atoms with Crippen molar-refractivity contribution in [3.63, 3.8) is 0 Å². The molecule has 1 atom stereocenters. The molecule has 5 nitrogen and oxygen atoms in total. The van der Waals surface area contributed by atoms with Gasteiger partial charge in [0.2, 0.25) is 0 Å². The SMILES string of the molecule is CC(C)(C)OC(=O)N1CCCC(CNc2ccc(Cl)c(Br)n2)C1. The van der Waals surface area contributed by atoms with Gasteiger partial charge in [0.1, 0.15) is 16.0 Å². The molecule has 0 aromatic carbocycles. The average Bonchev–Trinajstić information content (AvgIpc) is 2.47. The monoisotopic (exact) mass is 403 g/mol. The van der Waals surface area contributed by atoms with Crippen LogP contribution in [0.4, 0.5) is 10.6 Å². The smallest absolute Gasteiger partial charge is 0.410 e. The summed E-state index contributed by atoms with van der Waals surface area (Å²) in [5.74, 6) is 1.16. The molecule has 7 heteroatoms. The quantitative estimate of drug-likeness (QED) is 0.751. The van der Waals surface area contributed by atoms with Crippen molar-refractivity contribution in [2.75, 3.05) is 25.0 Å². The summed E-state index contributed by atoms with van der Waals surface area (Å²) >= 11 is 9.26. The molecule has 0 saturated carbocycles. The van der Waals surface area contributed by atoms with E-state index >= 15 is 0 Å². The number of carbonyl (C=O) groups is 1. The second kappa shape index (κ2) is 7.71. The van der Waals surface area contributed by atoms with Gasteiger partial charge in [-0.1, -0.05) is 11.6 Å². The lowest BCUT2D eigenvalue weighted by Gasteiger charge is -2.34. The van der Waals surface area contributed by atoms with Crippen molar-refractivity contribution in [2.45, 2.75) is 39.2 Å². The zero-order valence-electron chi connectivity index (χ0n) is 13.7. The number of ether oxygens (including phenoxy) is 1. The first-order valence-electron chi connectivity index (χ1n) is 7.78. The molecule has 0 spiro atoms. The lowest BCUT2D eigenvalue weighted by Crippen LogP contribution is -2.44. The third-order valence-corrected chi connectivity index (χ3v) is 4.68. The summed E-state index contributed by atoms with van der Waals surface area (Å²) in [6, 6.07) is 3.65. The van der Waals surface area contributed by atoms with Gasteiger partial charge >= 0.3 is 6.09 Å². The molecule has 2 heterocycles. The van der Waals surface area contributed by atoms with Crippen LogP contribution in [0.15, 0.2) is 16.7 Å². The number of hydrogen-bond donors (Lipinski definition) is 1. The van der Waals surface area contributed by atoms with Crippen molar-refractivity contribution in [1.82, 2.24) is 9.88 Å². The summed E-state index contributed by atoms with van der Waals surface area (Å²) in [4.78, 5) is 18.3. The van der Waals surface area contributed by atoms with Gasteiger partial charge in [0, 0.05) is 19.6 Å². The summed E-state index contributed by atoms with van der Waals surface area (Å²) < 4.78 is 6.08. The maximum Gasteiger partial charge on any atom is 0.410 e. The standard InChI is InChI=1S/C16H23BrClN3O2/c1-16(2,3)23-15(22)21-8-4-5-11(10-21)9-19-13-7-6-12(18)14(17)20-13/h6-7,11H,4-5,8-10H2,1-3H3,(H,19,20). The van der Waals surface area contributed by atoms with E-state index in [0.29, 0.717) is 22.1 Å². The molecule has 1 N–H and O–H groups in total. The summed E-state index contributed by atoms with van der Waals surface area (Å²) in [6.45, 7) is 7.89. The molecule has 128 valence electrons. The third kappa shape index (κ3) is 5.84. The van der Waals surface area contributed by atoms with E-state index in [-0.39, 0.29) is 6.09 Å². The van der Waals surface area contributed by atoms with Crippen molar-refractivity contribution in [2.24, 2.45) is 5.92 Å². The van der Waals surface area contributed by atoms with Gasteiger partial charge in [-0.15, -0.1) is 0 Å². The normalized spacial score (nSPS) is 18.7. The predicted molar refractivity (Wildman–Crippen MR) is 96.0 cm³/mol. The Morgan fingerprint density at radius 1 is 1.52 bits per heavy atom. The van der Waals surface area contributed by atoms with E-state index in [2.05, 4.69) is 26.2 Å². The number of pyridine rings is 1. The Balaban J connectivity index is 1.86. The number of amides is 1. The van der Waals surface area contributed by atoms with Crippen LogP contribution in [0.2, 0.25) is 5.02 Å². The zero-order chi connectivity index (χ0) is 17.0. The molecule has 23 heavy (non-hydrogen) atoms. The fraction of sp³-hybridized carbons (Fsp3) is 0.625. The number of carbonyl (C=O) groups excluding carboxylic acids is 1. The van der Waals surface area contributed by atoms with Crippen LogP contribution in [0.5, 0.6) is 0 Å². The number of halogens is 2. The number of hydrogen-bond acceptors (Lipinski definition) is 4. The number of rotatable bonds is 3. The largest absolute Gasteiger partial charge is 0.444 e. The average molecular weight is 405 g/mol. The van der Waals surface area contributed by atoms with Crippen LogP contribution in [-0.4, -0.2) is 41.2 Å². The van der Waals surface area contributed by atoms with E-state index in [4.69, 9.17) is 16.3 Å². The Kier molecular flexibility index (Phi) is 6.14. The van der Waals surface area contributed by atoms with Crippen molar-refractivity contribution >= 4 is 39.4 Å². The lowest BCUT2D eigenvalue weighted by atomic mass is 9.98. The van der Waals surface area contributed by atoms with E-state index in [9.17, 15) is 4.79 Å². The first kappa shape index (κ1) is 18.3. The van der Waals surface area contributed by atoms with Crippen molar-refractivity contribution in [3.05, 3.63) is 21.8 Å². The highest BCUT2D eigenvalue weighted by atomic mass is 79.9. The summed E-state index contributed by atoms with van der Waals surface area (Å²) in [6.07, 6.45) is 1.85. The highest BCUT2D eigenvalue weighted by molar-refractivity contribution is 9.10. The van der Waals surface area contributed by atoms with Crippen LogP contribution >= 0.6 is 27.5 Å². The van der Waals surface area contributed by atoms with Crippen LogP contribution in [0.1, 0.15) is 33.6 Å². The minimum absolute atomic E-state index is 0.227. The van der Waals surface area contributed by atoms with Gasteiger partial charge in [-0.3, -0.25) is 0 Å². The van der Waals surface area contributed by atoms with Crippen molar-refractivity contribution in [3.8, 4) is 0 Å². The first-order valence-corrected chi connectivity index (χ1v) is 8.95. The Labute approximate surface area is 150 Å². The van der Waals surface area contributed by atoms with E-state index in [0.717, 1.165) is 31.7 Å². The summed E-state index contributed by atoms with van der Waals surface area (Å²) in [5, 5.41) is 3.90. The fourth-order valence-electron chi connectivity index (χ4n) is 2.49. The van der Waals surface area contributed by atoms with Gasteiger partial charge in [-0.2, -0.15) is 0 Å². The summed E-state index contributed by atoms with van der Waals surface area (Å²) in [7, 11) is 0. The first-order chi connectivity index (χ1) is 10.7. The van der Waals surface area contributed by atoms with Crippen LogP contribution in [0.25, 0.3) is 0 Å². The molecule has 0 radical (unpaired) electrons. The number of likely N-dealkylation sites (tertiary alicyclic amines) is 1. The molecule has 0 aliphatic carbocycles. The van der Waals surface area contributed by atoms with Gasteiger partial charge < -0.3 is 15.0 Å². The Bertz CT molecular complexity index is 563. The molecule has 1 saturated heterocycles. The maximum atomic E-state index is 12.2. The Hall–Kier alpha value is -1.01. The topological polar surface area (TPSA) is 54.5 Å². The molecule has 1 aromatic rings. The third-order valence-electron chi connectivity index (χ3n) is 3.55. The van der Waals surface area contributed by atoms with Crippen molar-refractivity contribution < 1.29 is 9.53 Å². The second-order valence-electron chi connectivity index (χ2n) is 6.78. The number of nitrogens with zero attached hydrogens (tertiary/aromatic N) is 2. The van der Waals surface area contributed by atoms with Crippen LogP contribution in [0, 0.1) is 5.92 Å². The number of aromatic nitrogens is 1. The summed E-state index contributed by atoms with van der Waals surface area (Å²) in [5.41, 5.74) is -0.457. The van der Waals surface area contributed by atoms with Crippen LogP contribution in [0.3, 0.4) is 0 Å². The van der Waals surface area contributed by atoms with Crippen molar-refractivity contribution in [1.29, 1.82) is 0 Å². The molecule has 1 fully saturated rings. The molecular weight excluding hydrogens is 382 g/mol. The van der Waals surface area contributed by atoms with Gasteiger partial charge in [0.05, 0.1) is 5.02 Å². The lowest BCUT2D eigenvalue weighted by molar-refractivity contribution is 0.0172. The predicted octanol–water partition coefficient (Wildman–Crippen LogP) is 4.56. The van der Waals surface area contributed by atoms with E-state index in [1.165, 1.54) is 0 Å². The minimum atomic E-state index is -0.457. The molecule has 0 bridgehead atoms. The second-order valence-corrected chi connectivity index (χ2v) is 7.94. The Morgan fingerprint density at radius 3 is 2.91 bits per heavy atom. The highest BCUT2D eigenvalue weighted by Gasteiger charge is 2.27. The molecule has 1 unspecified atom stereocenters. The molecular formula is C16H23BrClN3O2. The molecule has 1 amide bonds. The molecule has 1 aliphatic heterocycles. The van der Waals surface area contributed by atoms with Gasteiger partial charge in [-0.25, -0.2) is 9.78 Å². The molecule has 2 rings (SSSR count). The highest BCUT2D eigenvalue weighted by Crippen LogP contribution is 2.23. The van der Waals surface area contributed by atoms with E-state index in [1.54, 1.807) is 11.0 Å². The zero-order valence-corrected chi connectivity index (χ0v) is 16.1. The Morgan fingerprint density at radius 2 is 2.26 bits per heavy atom. The van der Waals surface area contributed by atoms with Gasteiger partial charge in [0.15, 0.2) is 0 Å². The van der Waals surface area contributed by atoms with Gasteiger partial charge in [0.25, 0.3) is 0 Å². The van der Waals surface area contributed by atoms with Gasteiger partial charge in [-0.05, 0) is 67.6 Å².